The number of nitrogens with zero attached hydrogens (tertiary/aromatic N) is 1. The molecule has 0 saturated carbocycles. The molecule has 3 nitrogen and oxygen atoms in total. The van der Waals surface area contributed by atoms with E-state index in [0.717, 1.165) is 4.48 Å². The van der Waals surface area contributed by atoms with Gasteiger partial charge in [-0.15, -0.1) is 0 Å². The van der Waals surface area contributed by atoms with Crippen LogP contribution in [0, 0.1) is 0 Å². The van der Waals surface area contributed by atoms with Crippen molar-refractivity contribution < 1.29 is 14.4 Å². The van der Waals surface area contributed by atoms with Crippen LogP contribution in [0.3, 0.4) is 0 Å². The quantitative estimate of drug-likeness (QED) is 0.367. The van der Waals surface area contributed by atoms with E-state index in [0.29, 0.717) is 0 Å². The zero-order valence-electron chi connectivity index (χ0n) is 10.1. The van der Waals surface area contributed by atoms with Crippen molar-refractivity contribution in [3.63, 3.8) is 0 Å². The molecule has 14 heavy (non-hydrogen) atoms. The van der Waals surface area contributed by atoms with Crippen LogP contribution in [-0.2, 0) is 4.79 Å². The second-order valence-electron chi connectivity index (χ2n) is 4.52. The van der Waals surface area contributed by atoms with Gasteiger partial charge in [0.15, 0.2) is 0 Å². The van der Waals surface area contributed by atoms with Gasteiger partial charge in [-0.2, -0.15) is 0 Å². The lowest BCUT2D eigenvalue weighted by Crippen LogP contribution is -2.35. The van der Waals surface area contributed by atoms with Crippen molar-refractivity contribution in [2.24, 2.45) is 0 Å². The fourth-order valence-corrected chi connectivity index (χ4v) is 1.19. The van der Waals surface area contributed by atoms with Crippen LogP contribution < -0.4 is 5.11 Å². The van der Waals surface area contributed by atoms with Gasteiger partial charge in [-0.25, -0.2) is 0 Å². The smallest absolute Gasteiger partial charge is 0.0780 e. The van der Waals surface area contributed by atoms with Crippen molar-refractivity contribution in [3.8, 4) is 0 Å². The van der Waals surface area contributed by atoms with Gasteiger partial charge >= 0.3 is 0 Å². The maximum Gasteiger partial charge on any atom is 0.0780 e. The van der Waals surface area contributed by atoms with Gasteiger partial charge in [0.05, 0.1) is 27.7 Å². The molecule has 0 atom stereocenters. The highest BCUT2D eigenvalue weighted by Gasteiger charge is 2.04. The molecular formula is C11H25NO2. The minimum absolute atomic E-state index is 0.500. The van der Waals surface area contributed by atoms with Crippen LogP contribution in [0.1, 0.15) is 39.0 Å². The van der Waals surface area contributed by atoms with Crippen molar-refractivity contribution in [2.75, 3.05) is 27.7 Å². The summed E-state index contributed by atoms with van der Waals surface area (Å²) in [6.45, 7) is 3.09. The van der Waals surface area contributed by atoms with E-state index >= 15 is 0 Å². The van der Waals surface area contributed by atoms with Crippen LogP contribution in [0.2, 0.25) is 0 Å². The Hall–Kier alpha value is -0.570. The molecule has 0 unspecified atom stereocenters. The summed E-state index contributed by atoms with van der Waals surface area (Å²) >= 11 is 0. The van der Waals surface area contributed by atoms with E-state index in [1.807, 2.05) is 0 Å². The summed E-state index contributed by atoms with van der Waals surface area (Å²) in [4.78, 5) is 8.25. The fourth-order valence-electron chi connectivity index (χ4n) is 1.19. The largest absolute Gasteiger partial charge is 0.554 e. The molecule has 0 N–H and O–H groups in total. The van der Waals surface area contributed by atoms with Crippen molar-refractivity contribution in [1.29, 1.82) is 0 Å². The standard InChI is InChI=1S/C10H24N.CH2O2/c1-5-6-7-8-9-10-11(2,3)4;2-1-3/h5-10H2,1-4H3;1H,(H,2,3)/q+1;/p-1. The van der Waals surface area contributed by atoms with E-state index < -0.39 is 6.47 Å². The summed E-state index contributed by atoms with van der Waals surface area (Å²) < 4.78 is 1.12. The molecule has 0 spiro atoms. The Morgan fingerprint density at radius 1 is 1.07 bits per heavy atom. The molecule has 86 valence electrons. The Morgan fingerprint density at radius 2 is 1.50 bits per heavy atom. The summed E-state index contributed by atoms with van der Waals surface area (Å²) in [6, 6.07) is 0. The molecule has 0 amide bonds. The number of carboxylic acid groups (broad SMARTS) is 1. The van der Waals surface area contributed by atoms with E-state index in [4.69, 9.17) is 9.90 Å². The van der Waals surface area contributed by atoms with E-state index in [2.05, 4.69) is 28.1 Å². The molecule has 3 heteroatoms. The lowest BCUT2D eigenvalue weighted by Gasteiger charge is -2.23. The minimum Gasteiger partial charge on any atom is -0.554 e. The highest BCUT2D eigenvalue weighted by Crippen LogP contribution is 2.04. The second-order valence-corrected chi connectivity index (χ2v) is 4.52. The van der Waals surface area contributed by atoms with Gasteiger partial charge in [0.1, 0.15) is 0 Å². The lowest BCUT2D eigenvalue weighted by molar-refractivity contribution is -0.870. The molecule has 0 radical (unpaired) electrons. The third-order valence-corrected chi connectivity index (χ3v) is 1.93. The number of hydrogen-bond acceptors (Lipinski definition) is 2. The third-order valence-electron chi connectivity index (χ3n) is 1.93. The highest BCUT2D eigenvalue weighted by molar-refractivity contribution is 5.29. The molecule has 0 aromatic rings. The molecule has 0 aromatic carbocycles. The van der Waals surface area contributed by atoms with Gasteiger partial charge in [-0.1, -0.05) is 26.2 Å². The molecular weight excluding hydrogens is 178 g/mol. The number of unbranched alkanes of at least 4 members (excludes halogenated alkanes) is 4. The number of hydrogen-bond donors (Lipinski definition) is 0. The lowest BCUT2D eigenvalue weighted by atomic mass is 10.1. The topological polar surface area (TPSA) is 40.1 Å². The first kappa shape index (κ1) is 15.9. The Labute approximate surface area is 88.3 Å². The molecule has 0 saturated heterocycles. The SMILES string of the molecule is CCCCCCC[N+](C)(C)C.O=C[O-]. The fraction of sp³-hybridized carbons (Fsp3) is 0.909. The maximum absolute atomic E-state index is 8.25. The van der Waals surface area contributed by atoms with Crippen molar-refractivity contribution >= 4 is 6.47 Å². The zero-order valence-corrected chi connectivity index (χ0v) is 10.1. The van der Waals surface area contributed by atoms with Gasteiger partial charge in [-0.3, -0.25) is 0 Å². The summed E-state index contributed by atoms with van der Waals surface area (Å²) in [6.07, 6.45) is 7.00. The monoisotopic (exact) mass is 203 g/mol. The molecule has 0 heterocycles. The van der Waals surface area contributed by atoms with Crippen molar-refractivity contribution in [3.05, 3.63) is 0 Å². The van der Waals surface area contributed by atoms with Crippen LogP contribution in [-0.4, -0.2) is 38.6 Å². The first-order valence-electron chi connectivity index (χ1n) is 5.34. The Morgan fingerprint density at radius 3 is 1.86 bits per heavy atom. The highest BCUT2D eigenvalue weighted by atomic mass is 16.3. The van der Waals surface area contributed by atoms with Gasteiger partial charge < -0.3 is 14.4 Å². The Bertz CT molecular complexity index is 119. The Balaban J connectivity index is 0. The molecule has 0 bridgehead atoms. The second kappa shape index (κ2) is 10.5. The Kier molecular flexibility index (Phi) is 11.9. The molecule has 0 aliphatic rings. The van der Waals surface area contributed by atoms with Gasteiger partial charge in [0, 0.05) is 6.47 Å². The summed E-state index contributed by atoms with van der Waals surface area (Å²) in [5.74, 6) is 0. The first-order valence-corrected chi connectivity index (χ1v) is 5.34. The average molecular weight is 203 g/mol. The molecule has 0 fully saturated rings. The molecule has 0 aromatic heterocycles. The van der Waals surface area contributed by atoms with Crippen molar-refractivity contribution in [2.45, 2.75) is 39.0 Å². The minimum atomic E-state index is -0.500. The van der Waals surface area contributed by atoms with Crippen LogP contribution >= 0.6 is 0 Å². The summed E-state index contributed by atoms with van der Waals surface area (Å²) in [5, 5.41) is 8.25. The summed E-state index contributed by atoms with van der Waals surface area (Å²) in [7, 11) is 6.79. The third kappa shape index (κ3) is 22.5. The van der Waals surface area contributed by atoms with Crippen LogP contribution in [0.25, 0.3) is 0 Å². The normalized spacial score (nSPS) is 10.3. The number of carbonyl (C=O) groups is 1. The number of carbonyl (C=O) groups excluding carboxylic acids is 1. The first-order chi connectivity index (χ1) is 6.47. The van der Waals surface area contributed by atoms with E-state index in [1.165, 1.54) is 38.6 Å². The number of quaternary nitrogens is 1. The van der Waals surface area contributed by atoms with Gasteiger partial charge in [0.25, 0.3) is 0 Å². The predicted molar refractivity (Wildman–Crippen MR) is 57.7 cm³/mol. The van der Waals surface area contributed by atoms with E-state index in [9.17, 15) is 0 Å². The van der Waals surface area contributed by atoms with Crippen LogP contribution in [0.4, 0.5) is 0 Å². The predicted octanol–water partition coefficient (Wildman–Crippen LogP) is 1.03. The van der Waals surface area contributed by atoms with Gasteiger partial charge in [0.2, 0.25) is 0 Å². The van der Waals surface area contributed by atoms with Gasteiger partial charge in [-0.05, 0) is 12.8 Å². The molecule has 0 aliphatic heterocycles. The molecule has 0 aliphatic carbocycles. The van der Waals surface area contributed by atoms with E-state index in [1.54, 1.807) is 0 Å². The average Bonchev–Trinajstić information content (AvgIpc) is 2.03. The van der Waals surface area contributed by atoms with E-state index in [-0.39, 0.29) is 0 Å². The van der Waals surface area contributed by atoms with Crippen LogP contribution in [0.15, 0.2) is 0 Å². The number of rotatable bonds is 6. The summed E-state index contributed by atoms with van der Waals surface area (Å²) in [5.41, 5.74) is 0. The zero-order chi connectivity index (χ0) is 11.4. The van der Waals surface area contributed by atoms with Crippen molar-refractivity contribution in [1.82, 2.24) is 0 Å². The molecule has 0 rings (SSSR count). The van der Waals surface area contributed by atoms with Crippen LogP contribution in [0.5, 0.6) is 0 Å². The maximum atomic E-state index is 8.25.